The average molecular weight is 470 g/mol. The van der Waals surface area contributed by atoms with Gasteiger partial charge in [0.1, 0.15) is 11.9 Å². The summed E-state index contributed by atoms with van der Waals surface area (Å²) in [7, 11) is 1.96. The van der Waals surface area contributed by atoms with Gasteiger partial charge in [-0.25, -0.2) is 0 Å². The van der Waals surface area contributed by atoms with Crippen LogP contribution in [-0.4, -0.2) is 58.1 Å². The van der Waals surface area contributed by atoms with Crippen LogP contribution in [0, 0.1) is 6.92 Å². The van der Waals surface area contributed by atoms with Crippen molar-refractivity contribution in [2.75, 3.05) is 19.7 Å². The van der Waals surface area contributed by atoms with Crippen LogP contribution < -0.4 is 4.74 Å². The van der Waals surface area contributed by atoms with Gasteiger partial charge in [0, 0.05) is 51.3 Å². The summed E-state index contributed by atoms with van der Waals surface area (Å²) in [6.45, 7) is 10.3. The largest absolute Gasteiger partial charge is 0.491 e. The number of benzene rings is 1. The van der Waals surface area contributed by atoms with E-state index in [1.807, 2.05) is 67.9 Å². The summed E-state index contributed by atoms with van der Waals surface area (Å²) in [5.41, 5.74) is 2.51. The molecular formula is C27H39N3O4. The molecule has 1 aromatic carbocycles. The van der Waals surface area contributed by atoms with E-state index in [2.05, 4.69) is 12.0 Å². The number of carbonyl (C=O) groups excluding carboxylic acids is 1. The van der Waals surface area contributed by atoms with Crippen molar-refractivity contribution in [3.05, 3.63) is 47.3 Å². The predicted octanol–water partition coefficient (Wildman–Crippen LogP) is 4.84. The number of nitrogens with zero attached hydrogens (tertiary/aromatic N) is 3. The minimum Gasteiger partial charge on any atom is -0.491 e. The summed E-state index contributed by atoms with van der Waals surface area (Å²) in [4.78, 5) is 15.2. The highest BCUT2D eigenvalue weighted by atomic mass is 16.5. The van der Waals surface area contributed by atoms with Crippen LogP contribution in [0.3, 0.4) is 0 Å². The maximum atomic E-state index is 13.3. The summed E-state index contributed by atoms with van der Waals surface area (Å²) >= 11 is 0. The van der Waals surface area contributed by atoms with Gasteiger partial charge in [0.25, 0.3) is 5.91 Å². The molecule has 34 heavy (non-hydrogen) atoms. The van der Waals surface area contributed by atoms with E-state index in [4.69, 9.17) is 14.2 Å². The average Bonchev–Trinajstić information content (AvgIpc) is 3.24. The number of aryl methyl sites for hydroxylation is 2. The van der Waals surface area contributed by atoms with Gasteiger partial charge in [-0.05, 0) is 69.9 Å². The van der Waals surface area contributed by atoms with E-state index in [1.54, 1.807) is 0 Å². The first kappa shape index (κ1) is 24.7. The Hall–Kier alpha value is -2.38. The van der Waals surface area contributed by atoms with Crippen LogP contribution in [0.4, 0.5) is 0 Å². The lowest BCUT2D eigenvalue weighted by molar-refractivity contribution is -0.193. The van der Waals surface area contributed by atoms with Crippen LogP contribution in [0.5, 0.6) is 5.75 Å². The van der Waals surface area contributed by atoms with E-state index in [9.17, 15) is 4.79 Å². The Morgan fingerprint density at radius 3 is 2.65 bits per heavy atom. The van der Waals surface area contributed by atoms with Crippen molar-refractivity contribution in [2.45, 2.75) is 83.7 Å². The van der Waals surface area contributed by atoms with Gasteiger partial charge in [-0.15, -0.1) is 0 Å². The highest BCUT2D eigenvalue weighted by molar-refractivity contribution is 5.94. The van der Waals surface area contributed by atoms with Crippen LogP contribution in [0.1, 0.15) is 80.6 Å². The molecule has 1 amide bonds. The smallest absolute Gasteiger partial charge is 0.253 e. The second-order valence-corrected chi connectivity index (χ2v) is 10.0. The van der Waals surface area contributed by atoms with E-state index in [1.165, 1.54) is 0 Å². The second-order valence-electron chi connectivity index (χ2n) is 10.0. The lowest BCUT2D eigenvalue weighted by Gasteiger charge is -2.48. The Balaban J connectivity index is 1.44. The standard InChI is InChI=1S/C27H39N3O4/c1-6-15-32-22-17-25(23-9-12-28-29(23)5)34-27(18-22)10-13-30(14-11-27)26(31)21-7-8-24(20(4)16-21)33-19(2)3/h7-9,12,16,19,22,25H,6,10-11,13-15,17-18H2,1-5H3/t22-,25-/m0/s1. The number of hydrogen-bond acceptors (Lipinski definition) is 5. The summed E-state index contributed by atoms with van der Waals surface area (Å²) in [6.07, 6.45) is 6.39. The lowest BCUT2D eigenvalue weighted by atomic mass is 9.81. The molecular weight excluding hydrogens is 430 g/mol. The summed E-state index contributed by atoms with van der Waals surface area (Å²) in [5.74, 6) is 0.908. The van der Waals surface area contributed by atoms with E-state index >= 15 is 0 Å². The number of carbonyl (C=O) groups is 1. The number of likely N-dealkylation sites (tertiary alicyclic amines) is 1. The Morgan fingerprint density at radius 1 is 1.26 bits per heavy atom. The molecule has 0 saturated carbocycles. The number of amides is 1. The molecule has 186 valence electrons. The Morgan fingerprint density at radius 2 is 2.03 bits per heavy atom. The fourth-order valence-corrected chi connectivity index (χ4v) is 5.22. The number of rotatable bonds is 7. The maximum absolute atomic E-state index is 13.3. The molecule has 0 radical (unpaired) electrons. The van der Waals surface area contributed by atoms with Gasteiger partial charge < -0.3 is 19.1 Å². The summed E-state index contributed by atoms with van der Waals surface area (Å²) < 4.78 is 20.7. The molecule has 1 spiro atoms. The highest BCUT2D eigenvalue weighted by Crippen LogP contribution is 2.44. The minimum atomic E-state index is -0.271. The second kappa shape index (κ2) is 10.5. The van der Waals surface area contributed by atoms with Crippen molar-refractivity contribution >= 4 is 5.91 Å². The van der Waals surface area contributed by atoms with Crippen LogP contribution >= 0.6 is 0 Å². The zero-order valence-corrected chi connectivity index (χ0v) is 21.3. The molecule has 3 heterocycles. The number of ether oxygens (including phenoxy) is 3. The first-order valence-corrected chi connectivity index (χ1v) is 12.6. The Labute approximate surface area is 203 Å². The van der Waals surface area contributed by atoms with Gasteiger partial charge in [-0.2, -0.15) is 5.10 Å². The predicted molar refractivity (Wildman–Crippen MR) is 131 cm³/mol. The molecule has 0 unspecified atom stereocenters. The molecule has 1 aromatic heterocycles. The fraction of sp³-hybridized carbons (Fsp3) is 0.630. The lowest BCUT2D eigenvalue weighted by Crippen LogP contribution is -2.52. The summed E-state index contributed by atoms with van der Waals surface area (Å²) in [5, 5.41) is 4.34. The Bertz CT molecular complexity index is 978. The molecule has 2 saturated heterocycles. The third kappa shape index (κ3) is 5.47. The molecule has 2 aromatic rings. The van der Waals surface area contributed by atoms with Gasteiger partial charge in [-0.1, -0.05) is 6.92 Å². The van der Waals surface area contributed by atoms with Crippen LogP contribution in [0.25, 0.3) is 0 Å². The fourth-order valence-electron chi connectivity index (χ4n) is 5.22. The van der Waals surface area contributed by atoms with Crippen LogP contribution in [-0.2, 0) is 16.5 Å². The number of aromatic nitrogens is 2. The molecule has 2 fully saturated rings. The van der Waals surface area contributed by atoms with Crippen molar-refractivity contribution in [1.82, 2.24) is 14.7 Å². The van der Waals surface area contributed by atoms with Gasteiger partial charge in [0.15, 0.2) is 0 Å². The zero-order chi connectivity index (χ0) is 24.3. The van der Waals surface area contributed by atoms with Gasteiger partial charge in [0.05, 0.1) is 23.5 Å². The third-order valence-electron chi connectivity index (χ3n) is 6.96. The Kier molecular flexibility index (Phi) is 7.63. The minimum absolute atomic E-state index is 0.0403. The molecule has 7 nitrogen and oxygen atoms in total. The maximum Gasteiger partial charge on any atom is 0.253 e. The first-order valence-electron chi connectivity index (χ1n) is 12.6. The molecule has 2 aliphatic heterocycles. The number of piperidine rings is 1. The third-order valence-corrected chi connectivity index (χ3v) is 6.96. The number of hydrogen-bond donors (Lipinski definition) is 0. The van der Waals surface area contributed by atoms with E-state index in [-0.39, 0.29) is 29.8 Å². The molecule has 7 heteroatoms. The van der Waals surface area contributed by atoms with Crippen LogP contribution in [0.2, 0.25) is 0 Å². The molecule has 0 aliphatic carbocycles. The van der Waals surface area contributed by atoms with Crippen molar-refractivity contribution < 1.29 is 19.0 Å². The topological polar surface area (TPSA) is 65.8 Å². The van der Waals surface area contributed by atoms with E-state index in [0.29, 0.717) is 18.7 Å². The van der Waals surface area contributed by atoms with Gasteiger partial charge in [-0.3, -0.25) is 9.48 Å². The zero-order valence-electron chi connectivity index (χ0n) is 21.3. The quantitative estimate of drug-likeness (QED) is 0.581. The van der Waals surface area contributed by atoms with Crippen molar-refractivity contribution in [3.8, 4) is 5.75 Å². The molecule has 2 atom stereocenters. The molecule has 2 aliphatic rings. The first-order chi connectivity index (χ1) is 16.3. The molecule has 0 N–H and O–H groups in total. The van der Waals surface area contributed by atoms with E-state index in [0.717, 1.165) is 55.7 Å². The summed E-state index contributed by atoms with van der Waals surface area (Å²) in [6, 6.07) is 7.76. The van der Waals surface area contributed by atoms with Gasteiger partial charge in [0.2, 0.25) is 0 Å². The highest BCUT2D eigenvalue weighted by Gasteiger charge is 2.45. The van der Waals surface area contributed by atoms with Crippen LogP contribution in [0.15, 0.2) is 30.5 Å². The monoisotopic (exact) mass is 469 g/mol. The molecule has 4 rings (SSSR count). The van der Waals surface area contributed by atoms with Gasteiger partial charge >= 0.3 is 0 Å². The normalized spacial score (nSPS) is 22.4. The van der Waals surface area contributed by atoms with E-state index < -0.39 is 0 Å². The van der Waals surface area contributed by atoms with Crippen molar-refractivity contribution in [1.29, 1.82) is 0 Å². The molecule has 0 bridgehead atoms. The van der Waals surface area contributed by atoms with Crippen molar-refractivity contribution in [2.24, 2.45) is 7.05 Å². The SMILES string of the molecule is CCCO[C@H]1C[C@@H](c2ccnn2C)OC2(CCN(C(=O)c3ccc(OC(C)C)c(C)c3)CC2)C1. The van der Waals surface area contributed by atoms with Crippen molar-refractivity contribution in [3.63, 3.8) is 0 Å².